The van der Waals surface area contributed by atoms with Gasteiger partial charge in [0, 0.05) is 32.1 Å². The summed E-state index contributed by atoms with van der Waals surface area (Å²) in [6, 6.07) is 0.588. The number of rotatable bonds is 4. The van der Waals surface area contributed by atoms with Crippen LogP contribution in [0.15, 0.2) is 0 Å². The van der Waals surface area contributed by atoms with Crippen LogP contribution in [-0.2, 0) is 4.79 Å². The number of amides is 2. The van der Waals surface area contributed by atoms with E-state index in [1.165, 1.54) is 0 Å². The Morgan fingerprint density at radius 3 is 2.38 bits per heavy atom. The third-order valence-electron chi connectivity index (χ3n) is 4.97. The molecule has 120 valence electrons. The minimum Gasteiger partial charge on any atom is -0.481 e. The summed E-state index contributed by atoms with van der Waals surface area (Å²) in [6.07, 6.45) is 5.12. The summed E-state index contributed by atoms with van der Waals surface area (Å²) >= 11 is 0. The van der Waals surface area contributed by atoms with Gasteiger partial charge in [-0.25, -0.2) is 4.79 Å². The third-order valence-corrected chi connectivity index (χ3v) is 4.97. The Balaban J connectivity index is 1.81. The molecule has 0 bridgehead atoms. The topological polar surface area (TPSA) is 60.9 Å². The third kappa shape index (κ3) is 4.11. The van der Waals surface area contributed by atoms with Crippen molar-refractivity contribution in [3.05, 3.63) is 0 Å². The normalized spacial score (nSPS) is 23.9. The van der Waals surface area contributed by atoms with Crippen molar-refractivity contribution in [2.75, 3.05) is 19.6 Å². The van der Waals surface area contributed by atoms with Gasteiger partial charge in [-0.1, -0.05) is 13.8 Å². The predicted molar refractivity (Wildman–Crippen MR) is 81.1 cm³/mol. The van der Waals surface area contributed by atoms with E-state index in [1.807, 2.05) is 4.90 Å². The van der Waals surface area contributed by atoms with Crippen LogP contribution in [0.2, 0.25) is 0 Å². The summed E-state index contributed by atoms with van der Waals surface area (Å²) in [6.45, 7) is 6.83. The standard InChI is InChI=1S/C16H28N2O3/c1-12(2)14-4-3-9-18(14)16(21)17-10-7-13(8-11-17)5-6-15(19)20/h12-14H,3-11H2,1-2H3,(H,19,20). The number of nitrogens with zero attached hydrogens (tertiary/aromatic N) is 2. The SMILES string of the molecule is CC(C)C1CCCN1C(=O)N1CCC(CCC(=O)O)CC1. The summed E-state index contributed by atoms with van der Waals surface area (Å²) in [5.74, 6) is 0.263. The van der Waals surface area contributed by atoms with Crippen molar-refractivity contribution in [3.63, 3.8) is 0 Å². The molecule has 5 heteroatoms. The van der Waals surface area contributed by atoms with E-state index in [-0.39, 0.29) is 12.5 Å². The summed E-state index contributed by atoms with van der Waals surface area (Å²) in [7, 11) is 0. The average Bonchev–Trinajstić information content (AvgIpc) is 2.94. The molecule has 2 saturated heterocycles. The number of aliphatic carboxylic acids is 1. The highest BCUT2D eigenvalue weighted by atomic mass is 16.4. The van der Waals surface area contributed by atoms with E-state index in [4.69, 9.17) is 5.11 Å². The zero-order valence-electron chi connectivity index (χ0n) is 13.3. The molecule has 0 aliphatic carbocycles. The number of carbonyl (C=O) groups excluding carboxylic acids is 1. The lowest BCUT2D eigenvalue weighted by atomic mass is 9.92. The quantitative estimate of drug-likeness (QED) is 0.867. The van der Waals surface area contributed by atoms with Crippen LogP contribution in [0.5, 0.6) is 0 Å². The lowest BCUT2D eigenvalue weighted by Gasteiger charge is -2.37. The van der Waals surface area contributed by atoms with E-state index in [0.29, 0.717) is 17.9 Å². The summed E-state index contributed by atoms with van der Waals surface area (Å²) in [5, 5.41) is 8.74. The lowest BCUT2D eigenvalue weighted by Crippen LogP contribution is -2.49. The van der Waals surface area contributed by atoms with Crippen molar-refractivity contribution < 1.29 is 14.7 Å². The minimum atomic E-state index is -0.717. The smallest absolute Gasteiger partial charge is 0.320 e. The molecular weight excluding hydrogens is 268 g/mol. The molecule has 0 spiro atoms. The largest absolute Gasteiger partial charge is 0.481 e. The summed E-state index contributed by atoms with van der Waals surface area (Å²) in [5.41, 5.74) is 0. The van der Waals surface area contributed by atoms with Gasteiger partial charge in [-0.3, -0.25) is 4.79 Å². The van der Waals surface area contributed by atoms with Crippen molar-refractivity contribution in [1.29, 1.82) is 0 Å². The molecule has 21 heavy (non-hydrogen) atoms. The van der Waals surface area contributed by atoms with Crippen molar-refractivity contribution in [2.24, 2.45) is 11.8 Å². The van der Waals surface area contributed by atoms with E-state index >= 15 is 0 Å². The molecule has 1 N–H and O–H groups in total. The van der Waals surface area contributed by atoms with Gasteiger partial charge >= 0.3 is 12.0 Å². The molecule has 2 aliphatic rings. The molecule has 0 radical (unpaired) electrons. The van der Waals surface area contributed by atoms with Gasteiger partial charge in [0.05, 0.1) is 0 Å². The maximum atomic E-state index is 12.6. The zero-order chi connectivity index (χ0) is 15.4. The van der Waals surface area contributed by atoms with Crippen LogP contribution in [0.25, 0.3) is 0 Å². The molecule has 0 saturated carbocycles. The molecule has 0 aromatic heterocycles. The second kappa shape index (κ2) is 7.14. The van der Waals surface area contributed by atoms with E-state index < -0.39 is 5.97 Å². The van der Waals surface area contributed by atoms with E-state index in [9.17, 15) is 9.59 Å². The van der Waals surface area contributed by atoms with Gasteiger partial charge in [-0.05, 0) is 43.9 Å². The van der Waals surface area contributed by atoms with Crippen molar-refractivity contribution >= 4 is 12.0 Å². The number of carbonyl (C=O) groups is 2. The second-order valence-corrected chi connectivity index (χ2v) is 6.79. The molecule has 5 nitrogen and oxygen atoms in total. The van der Waals surface area contributed by atoms with Crippen LogP contribution in [0.4, 0.5) is 4.79 Å². The molecule has 1 unspecified atom stereocenters. The number of hydrogen-bond acceptors (Lipinski definition) is 2. The highest BCUT2D eigenvalue weighted by Crippen LogP contribution is 2.27. The molecule has 2 aliphatic heterocycles. The number of piperidine rings is 1. The Morgan fingerprint density at radius 2 is 1.81 bits per heavy atom. The molecule has 2 fully saturated rings. The number of likely N-dealkylation sites (tertiary alicyclic amines) is 2. The second-order valence-electron chi connectivity index (χ2n) is 6.79. The first-order valence-corrected chi connectivity index (χ1v) is 8.26. The molecule has 2 heterocycles. The number of hydrogen-bond donors (Lipinski definition) is 1. The van der Waals surface area contributed by atoms with Crippen LogP contribution in [0, 0.1) is 11.8 Å². The highest BCUT2D eigenvalue weighted by molar-refractivity contribution is 5.75. The average molecular weight is 296 g/mol. The lowest BCUT2D eigenvalue weighted by molar-refractivity contribution is -0.137. The number of carboxylic acids is 1. The fraction of sp³-hybridized carbons (Fsp3) is 0.875. The van der Waals surface area contributed by atoms with Crippen LogP contribution in [-0.4, -0.2) is 52.6 Å². The first-order valence-electron chi connectivity index (χ1n) is 8.26. The molecule has 2 rings (SSSR count). The van der Waals surface area contributed by atoms with Crippen molar-refractivity contribution in [1.82, 2.24) is 9.80 Å². The monoisotopic (exact) mass is 296 g/mol. The Labute approximate surface area is 127 Å². The van der Waals surface area contributed by atoms with Crippen LogP contribution >= 0.6 is 0 Å². The Kier molecular flexibility index (Phi) is 5.48. The molecule has 1 atom stereocenters. The predicted octanol–water partition coefficient (Wildman–Crippen LogP) is 2.80. The van der Waals surface area contributed by atoms with E-state index in [0.717, 1.165) is 51.7 Å². The Morgan fingerprint density at radius 1 is 1.14 bits per heavy atom. The van der Waals surface area contributed by atoms with E-state index in [1.54, 1.807) is 0 Å². The van der Waals surface area contributed by atoms with Crippen LogP contribution < -0.4 is 0 Å². The van der Waals surface area contributed by atoms with Gasteiger partial charge in [0.15, 0.2) is 0 Å². The zero-order valence-corrected chi connectivity index (χ0v) is 13.3. The van der Waals surface area contributed by atoms with Gasteiger partial charge in [0.2, 0.25) is 0 Å². The summed E-state index contributed by atoms with van der Waals surface area (Å²) in [4.78, 5) is 27.3. The van der Waals surface area contributed by atoms with Crippen molar-refractivity contribution in [2.45, 2.75) is 58.4 Å². The van der Waals surface area contributed by atoms with Gasteiger partial charge in [-0.15, -0.1) is 0 Å². The molecule has 0 aromatic rings. The van der Waals surface area contributed by atoms with Crippen LogP contribution in [0.1, 0.15) is 52.4 Å². The molecular formula is C16H28N2O3. The number of carboxylic acid groups (broad SMARTS) is 1. The van der Waals surface area contributed by atoms with E-state index in [2.05, 4.69) is 18.7 Å². The number of urea groups is 1. The van der Waals surface area contributed by atoms with Crippen LogP contribution in [0.3, 0.4) is 0 Å². The molecule has 0 aromatic carbocycles. The fourth-order valence-corrected chi connectivity index (χ4v) is 3.65. The maximum Gasteiger partial charge on any atom is 0.320 e. The van der Waals surface area contributed by atoms with Gasteiger partial charge < -0.3 is 14.9 Å². The Hall–Kier alpha value is -1.26. The Bertz CT molecular complexity index is 376. The van der Waals surface area contributed by atoms with Crippen molar-refractivity contribution in [3.8, 4) is 0 Å². The van der Waals surface area contributed by atoms with Gasteiger partial charge in [0.25, 0.3) is 0 Å². The maximum absolute atomic E-state index is 12.6. The minimum absolute atomic E-state index is 0.197. The fourth-order valence-electron chi connectivity index (χ4n) is 3.65. The highest BCUT2D eigenvalue weighted by Gasteiger charge is 2.34. The molecule has 2 amide bonds. The first kappa shape index (κ1) is 16.1. The van der Waals surface area contributed by atoms with Gasteiger partial charge in [-0.2, -0.15) is 0 Å². The first-order chi connectivity index (χ1) is 9.99. The van der Waals surface area contributed by atoms with Gasteiger partial charge in [0.1, 0.15) is 0 Å². The summed E-state index contributed by atoms with van der Waals surface area (Å²) < 4.78 is 0.